The van der Waals surface area contributed by atoms with Crippen LogP contribution < -0.4 is 0 Å². The Morgan fingerprint density at radius 1 is 1.27 bits per heavy atom. The molecule has 1 aromatic heterocycles. The van der Waals surface area contributed by atoms with Gasteiger partial charge in [0.05, 0.1) is 11.6 Å². The summed E-state index contributed by atoms with van der Waals surface area (Å²) >= 11 is 0. The molecule has 2 heteroatoms. The largest absolute Gasteiger partial charge is 0.294 e. The zero-order valence-corrected chi connectivity index (χ0v) is 8.21. The van der Waals surface area contributed by atoms with E-state index in [1.54, 1.807) is 18.3 Å². The molecule has 0 aromatic carbocycles. The molecule has 0 radical (unpaired) electrons. The summed E-state index contributed by atoms with van der Waals surface area (Å²) in [6, 6.07) is 5.61. The van der Waals surface area contributed by atoms with Gasteiger partial charge in [-0.15, -0.1) is 0 Å². The van der Waals surface area contributed by atoms with E-state index in [9.17, 15) is 4.79 Å². The molecule has 0 saturated carbocycles. The summed E-state index contributed by atoms with van der Waals surface area (Å²) in [6.07, 6.45) is 12.6. The van der Waals surface area contributed by atoms with Gasteiger partial charge in [-0.1, -0.05) is 30.4 Å². The smallest absolute Gasteiger partial charge is 0.166 e. The molecule has 2 rings (SSSR count). The first kappa shape index (κ1) is 9.59. The summed E-state index contributed by atoms with van der Waals surface area (Å²) in [5.41, 5.74) is 0.803. The first-order chi connectivity index (χ1) is 7.36. The zero-order chi connectivity index (χ0) is 10.5. The van der Waals surface area contributed by atoms with Gasteiger partial charge in [0.1, 0.15) is 0 Å². The minimum absolute atomic E-state index is 0.0886. The molecule has 74 valence electrons. The highest BCUT2D eigenvalue weighted by molar-refractivity contribution is 5.97. The molecule has 0 amide bonds. The number of pyridine rings is 1. The molecule has 0 spiro atoms. The van der Waals surface area contributed by atoms with Gasteiger partial charge in [0.2, 0.25) is 0 Å². The molecule has 1 aliphatic carbocycles. The standard InChI is InChI=1S/C13H11NO/c15-13(11-5-1-2-6-11)9-8-12-7-3-4-10-14-12/h1-11H. The summed E-state index contributed by atoms with van der Waals surface area (Å²) in [4.78, 5) is 15.7. The van der Waals surface area contributed by atoms with Crippen LogP contribution in [0.25, 0.3) is 6.08 Å². The van der Waals surface area contributed by atoms with E-state index in [2.05, 4.69) is 4.98 Å². The van der Waals surface area contributed by atoms with Gasteiger partial charge in [0.15, 0.2) is 5.78 Å². The lowest BCUT2D eigenvalue weighted by Gasteiger charge is -1.97. The molecule has 0 fully saturated rings. The van der Waals surface area contributed by atoms with Crippen molar-refractivity contribution in [2.24, 2.45) is 5.92 Å². The maximum Gasteiger partial charge on any atom is 0.166 e. The van der Waals surface area contributed by atoms with Crippen LogP contribution in [0, 0.1) is 5.92 Å². The monoisotopic (exact) mass is 197 g/mol. The van der Waals surface area contributed by atoms with E-state index in [1.807, 2.05) is 42.5 Å². The second-order valence-electron chi connectivity index (χ2n) is 3.29. The number of carbonyl (C=O) groups excluding carboxylic acids is 1. The first-order valence-electron chi connectivity index (χ1n) is 4.84. The Morgan fingerprint density at radius 2 is 2.07 bits per heavy atom. The fourth-order valence-corrected chi connectivity index (χ4v) is 1.37. The number of ketones is 1. The summed E-state index contributed by atoms with van der Waals surface area (Å²) in [7, 11) is 0. The van der Waals surface area contributed by atoms with Crippen molar-refractivity contribution < 1.29 is 4.79 Å². The third kappa shape index (κ3) is 2.50. The molecule has 1 aromatic rings. The van der Waals surface area contributed by atoms with E-state index >= 15 is 0 Å². The van der Waals surface area contributed by atoms with Gasteiger partial charge in [-0.25, -0.2) is 0 Å². The average Bonchev–Trinajstić information content (AvgIpc) is 2.81. The van der Waals surface area contributed by atoms with Crippen molar-refractivity contribution >= 4 is 11.9 Å². The zero-order valence-electron chi connectivity index (χ0n) is 8.21. The lowest BCUT2D eigenvalue weighted by atomic mass is 10.1. The quantitative estimate of drug-likeness (QED) is 0.696. The number of nitrogens with zero attached hydrogens (tertiary/aromatic N) is 1. The Balaban J connectivity index is 2.03. The van der Waals surface area contributed by atoms with Crippen molar-refractivity contribution in [3.8, 4) is 0 Å². The van der Waals surface area contributed by atoms with Crippen LogP contribution in [0.1, 0.15) is 5.69 Å². The maximum absolute atomic E-state index is 11.6. The van der Waals surface area contributed by atoms with Crippen LogP contribution in [0.2, 0.25) is 0 Å². The topological polar surface area (TPSA) is 30.0 Å². The lowest BCUT2D eigenvalue weighted by Crippen LogP contribution is -2.03. The van der Waals surface area contributed by atoms with Crippen LogP contribution in [-0.2, 0) is 4.79 Å². The molecular formula is C13H11NO. The summed E-state index contributed by atoms with van der Waals surface area (Å²) in [5.74, 6) is -0.00406. The van der Waals surface area contributed by atoms with Gasteiger partial charge in [-0.2, -0.15) is 0 Å². The van der Waals surface area contributed by atoms with Crippen molar-refractivity contribution in [1.82, 2.24) is 4.98 Å². The van der Waals surface area contributed by atoms with Crippen LogP contribution in [-0.4, -0.2) is 10.8 Å². The SMILES string of the molecule is O=C(C=Cc1ccccn1)C1C=CC=C1. The molecule has 0 saturated heterocycles. The highest BCUT2D eigenvalue weighted by Crippen LogP contribution is 2.11. The van der Waals surface area contributed by atoms with Gasteiger partial charge in [0, 0.05) is 6.20 Å². The highest BCUT2D eigenvalue weighted by atomic mass is 16.1. The number of carbonyl (C=O) groups is 1. The van der Waals surface area contributed by atoms with Crippen molar-refractivity contribution in [2.45, 2.75) is 0 Å². The predicted molar refractivity (Wildman–Crippen MR) is 60.0 cm³/mol. The fraction of sp³-hybridized carbons (Fsp3) is 0.0769. The van der Waals surface area contributed by atoms with E-state index in [-0.39, 0.29) is 11.7 Å². The minimum atomic E-state index is -0.0926. The summed E-state index contributed by atoms with van der Waals surface area (Å²) in [5, 5.41) is 0. The number of rotatable bonds is 3. The summed E-state index contributed by atoms with van der Waals surface area (Å²) < 4.78 is 0. The fourth-order valence-electron chi connectivity index (χ4n) is 1.37. The third-order valence-electron chi connectivity index (χ3n) is 2.18. The van der Waals surface area contributed by atoms with E-state index in [1.165, 1.54) is 0 Å². The van der Waals surface area contributed by atoms with Crippen molar-refractivity contribution in [1.29, 1.82) is 0 Å². The van der Waals surface area contributed by atoms with E-state index < -0.39 is 0 Å². The third-order valence-corrected chi connectivity index (χ3v) is 2.18. The van der Waals surface area contributed by atoms with Gasteiger partial charge >= 0.3 is 0 Å². The Hall–Kier alpha value is -1.96. The van der Waals surface area contributed by atoms with E-state index in [0.717, 1.165) is 5.69 Å². The molecule has 15 heavy (non-hydrogen) atoms. The molecule has 0 atom stereocenters. The first-order valence-corrected chi connectivity index (χ1v) is 4.84. The van der Waals surface area contributed by atoms with Crippen molar-refractivity contribution in [3.05, 3.63) is 60.5 Å². The Bertz CT molecular complexity index is 417. The molecule has 1 heterocycles. The van der Waals surface area contributed by atoms with E-state index in [4.69, 9.17) is 0 Å². The van der Waals surface area contributed by atoms with Gasteiger partial charge < -0.3 is 0 Å². The normalized spacial score (nSPS) is 15.2. The predicted octanol–water partition coefficient (Wildman–Crippen LogP) is 2.41. The minimum Gasteiger partial charge on any atom is -0.294 e. The van der Waals surface area contributed by atoms with Crippen LogP contribution >= 0.6 is 0 Å². The Labute approximate surface area is 88.7 Å². The van der Waals surface area contributed by atoms with Gasteiger partial charge in [0.25, 0.3) is 0 Å². The maximum atomic E-state index is 11.6. The molecule has 2 nitrogen and oxygen atoms in total. The lowest BCUT2D eigenvalue weighted by molar-refractivity contribution is -0.115. The molecule has 0 unspecified atom stereocenters. The second kappa shape index (κ2) is 4.51. The van der Waals surface area contributed by atoms with E-state index in [0.29, 0.717) is 0 Å². The average molecular weight is 197 g/mol. The van der Waals surface area contributed by atoms with Gasteiger partial charge in [-0.05, 0) is 24.3 Å². The molecule has 0 bridgehead atoms. The van der Waals surface area contributed by atoms with Gasteiger partial charge in [-0.3, -0.25) is 9.78 Å². The highest BCUT2D eigenvalue weighted by Gasteiger charge is 2.10. The van der Waals surface area contributed by atoms with Crippen LogP contribution in [0.3, 0.4) is 0 Å². The number of aromatic nitrogens is 1. The van der Waals surface area contributed by atoms with Crippen LogP contribution in [0.15, 0.2) is 54.8 Å². The second-order valence-corrected chi connectivity index (χ2v) is 3.29. The summed E-state index contributed by atoms with van der Waals surface area (Å²) in [6.45, 7) is 0. The Kier molecular flexibility index (Phi) is 2.88. The molecule has 0 aliphatic heterocycles. The van der Waals surface area contributed by atoms with Crippen LogP contribution in [0.4, 0.5) is 0 Å². The molecular weight excluding hydrogens is 186 g/mol. The Morgan fingerprint density at radius 3 is 2.73 bits per heavy atom. The number of hydrogen-bond donors (Lipinski definition) is 0. The van der Waals surface area contributed by atoms with Crippen molar-refractivity contribution in [3.63, 3.8) is 0 Å². The number of hydrogen-bond acceptors (Lipinski definition) is 2. The van der Waals surface area contributed by atoms with Crippen molar-refractivity contribution in [2.75, 3.05) is 0 Å². The molecule has 1 aliphatic rings. The van der Waals surface area contributed by atoms with Crippen LogP contribution in [0.5, 0.6) is 0 Å². The molecule has 0 N–H and O–H groups in total. The number of allylic oxidation sites excluding steroid dienone is 5.